The van der Waals surface area contributed by atoms with Crippen molar-refractivity contribution in [2.24, 2.45) is 0 Å². The highest BCUT2D eigenvalue weighted by Crippen LogP contribution is 2.17. The number of aromatic nitrogens is 4. The molecule has 14 nitrogen and oxygen atoms in total. The van der Waals surface area contributed by atoms with E-state index >= 15 is 0 Å². The molecule has 0 saturated heterocycles. The molecule has 0 radical (unpaired) electrons. The largest absolute Gasteiger partial charge is 0.481 e. The smallest absolute Gasteiger partial charge is 0.326 e. The molecule has 34 heavy (non-hydrogen) atoms. The van der Waals surface area contributed by atoms with Crippen LogP contribution in [0.5, 0.6) is 0 Å². The number of hydrogen-bond donors (Lipinski definition) is 5. The predicted molar refractivity (Wildman–Crippen MR) is 117 cm³/mol. The van der Waals surface area contributed by atoms with Gasteiger partial charge in [0.2, 0.25) is 12.4 Å². The van der Waals surface area contributed by atoms with Crippen molar-refractivity contribution in [1.82, 2.24) is 25.3 Å². The van der Waals surface area contributed by atoms with Crippen molar-refractivity contribution in [3.63, 3.8) is 0 Å². The van der Waals surface area contributed by atoms with Gasteiger partial charge in [-0.2, -0.15) is 4.98 Å². The van der Waals surface area contributed by atoms with Gasteiger partial charge < -0.3 is 26.2 Å². The van der Waals surface area contributed by atoms with Crippen LogP contribution in [0, 0.1) is 0 Å². The van der Waals surface area contributed by atoms with E-state index in [4.69, 9.17) is 16.3 Å². The molecule has 0 aliphatic rings. The molecule has 14 heteroatoms. The van der Waals surface area contributed by atoms with E-state index in [2.05, 4.69) is 19.9 Å². The Hall–Kier alpha value is -4.88. The van der Waals surface area contributed by atoms with Crippen molar-refractivity contribution >= 4 is 47.1 Å². The lowest BCUT2D eigenvalue weighted by Gasteiger charge is -2.18. The van der Waals surface area contributed by atoms with Crippen LogP contribution < -0.4 is 21.5 Å². The molecule has 0 spiro atoms. The van der Waals surface area contributed by atoms with Crippen molar-refractivity contribution in [2.75, 3.05) is 10.6 Å². The second kappa shape index (κ2) is 10.2. The maximum atomic E-state index is 12.7. The lowest BCUT2D eigenvalue weighted by molar-refractivity contribution is -0.140. The van der Waals surface area contributed by atoms with E-state index < -0.39 is 84.3 Å². The van der Waals surface area contributed by atoms with Crippen LogP contribution >= 0.6 is 0 Å². The normalized spacial score (nSPS) is 13.2. The van der Waals surface area contributed by atoms with Crippen LogP contribution in [0.25, 0.3) is 11.2 Å². The summed E-state index contributed by atoms with van der Waals surface area (Å²) in [6.07, 6.45) is 0.263. The van der Waals surface area contributed by atoms with Crippen LogP contribution in [0.15, 0.2) is 35.2 Å². The van der Waals surface area contributed by atoms with Gasteiger partial charge in [0.15, 0.2) is 11.2 Å². The highest BCUT2D eigenvalue weighted by atomic mass is 16.4. The molecule has 0 aliphatic carbocycles. The second-order valence-corrected chi connectivity index (χ2v) is 6.74. The summed E-state index contributed by atoms with van der Waals surface area (Å²) in [6, 6.07) is -5.04. The third-order valence-corrected chi connectivity index (χ3v) is 4.32. The van der Waals surface area contributed by atoms with Gasteiger partial charge in [0.25, 0.3) is 11.5 Å². The molecule has 0 aliphatic heterocycles. The number of nitrogens with zero attached hydrogens (tertiary/aromatic N) is 4. The number of anilines is 2. The van der Waals surface area contributed by atoms with Crippen molar-refractivity contribution in [3.8, 4) is 0 Å². The number of amides is 2. The SMILES string of the molecule is [2H]c1c([2H])c(N(C=O)Cc2cnc3nc(N)[nH]c(=O)c3n2)c([2H])c([2H])c1C(=O)N[C@@H](CCC(=O)O)C(=O)O. The fraction of sp³-hybridized carbons (Fsp3) is 0.200. The molecule has 0 unspecified atom stereocenters. The number of nitrogens with one attached hydrogen (secondary N) is 2. The quantitative estimate of drug-likeness (QED) is 0.236. The fourth-order valence-corrected chi connectivity index (χ4v) is 2.71. The Morgan fingerprint density at radius 1 is 1.24 bits per heavy atom. The lowest BCUT2D eigenvalue weighted by Crippen LogP contribution is -2.41. The predicted octanol–water partition coefficient (Wildman–Crippen LogP) is -0.494. The topological polar surface area (TPSA) is 222 Å². The molecule has 1 aromatic carbocycles. The Morgan fingerprint density at radius 2 is 1.94 bits per heavy atom. The first-order valence-corrected chi connectivity index (χ1v) is 9.44. The van der Waals surface area contributed by atoms with Crippen LogP contribution in [0.1, 0.15) is 34.4 Å². The Kier molecular flexibility index (Phi) is 5.58. The van der Waals surface area contributed by atoms with Crippen molar-refractivity contribution in [2.45, 2.75) is 25.4 Å². The first-order chi connectivity index (χ1) is 17.8. The molecular weight excluding hydrogens is 450 g/mol. The number of nitrogen functional groups attached to an aromatic ring is 1. The molecule has 3 rings (SSSR count). The number of aromatic amines is 1. The average molecular weight is 473 g/mol. The Labute approximate surface area is 196 Å². The summed E-state index contributed by atoms with van der Waals surface area (Å²) >= 11 is 0. The second-order valence-electron chi connectivity index (χ2n) is 6.74. The van der Waals surface area contributed by atoms with Gasteiger partial charge in [-0.1, -0.05) is 0 Å². The zero-order valence-electron chi connectivity index (χ0n) is 21.2. The van der Waals surface area contributed by atoms with Crippen molar-refractivity contribution in [1.29, 1.82) is 0 Å². The van der Waals surface area contributed by atoms with Gasteiger partial charge >= 0.3 is 11.9 Å². The minimum absolute atomic E-state index is 0.0167. The zero-order chi connectivity index (χ0) is 28.3. The minimum atomic E-state index is -1.67. The molecule has 6 N–H and O–H groups in total. The summed E-state index contributed by atoms with van der Waals surface area (Å²) in [7, 11) is 0. The van der Waals surface area contributed by atoms with Gasteiger partial charge in [0.1, 0.15) is 6.04 Å². The summed E-state index contributed by atoms with van der Waals surface area (Å²) < 4.78 is 33.0. The molecule has 2 aromatic heterocycles. The number of nitrogens with two attached hydrogens (primary N) is 1. The summed E-state index contributed by atoms with van der Waals surface area (Å²) in [5, 5.41) is 20.0. The zero-order valence-corrected chi connectivity index (χ0v) is 17.2. The number of carbonyl (C=O) groups excluding carboxylic acids is 2. The summed E-state index contributed by atoms with van der Waals surface area (Å²) in [5.74, 6) is -4.35. The summed E-state index contributed by atoms with van der Waals surface area (Å²) in [4.78, 5) is 73.6. The first-order valence-electron chi connectivity index (χ1n) is 11.4. The van der Waals surface area contributed by atoms with E-state index in [0.717, 1.165) is 11.1 Å². The molecule has 176 valence electrons. The Bertz CT molecular complexity index is 1500. The Balaban J connectivity index is 1.98. The number of carboxylic acids is 2. The maximum absolute atomic E-state index is 12.7. The van der Waals surface area contributed by atoms with E-state index in [1.165, 1.54) is 0 Å². The third kappa shape index (κ3) is 5.67. The molecule has 3 aromatic rings. The van der Waals surface area contributed by atoms with Crippen LogP contribution in [0.2, 0.25) is 0 Å². The number of carbonyl (C=O) groups is 4. The monoisotopic (exact) mass is 473 g/mol. The molecule has 2 amide bonds. The van der Waals surface area contributed by atoms with Crippen molar-refractivity contribution in [3.05, 3.63) is 52.0 Å². The lowest BCUT2D eigenvalue weighted by atomic mass is 10.1. The Morgan fingerprint density at radius 3 is 2.56 bits per heavy atom. The highest BCUT2D eigenvalue weighted by molar-refractivity contribution is 5.97. The average Bonchev–Trinajstić information content (AvgIpc) is 2.84. The number of hydrogen-bond acceptors (Lipinski definition) is 9. The van der Waals surface area contributed by atoms with Crippen LogP contribution in [0.4, 0.5) is 11.6 Å². The summed E-state index contributed by atoms with van der Waals surface area (Å²) in [6.45, 7) is -0.450. The van der Waals surface area contributed by atoms with E-state index in [0.29, 0.717) is 0 Å². The third-order valence-electron chi connectivity index (χ3n) is 4.32. The van der Waals surface area contributed by atoms with Crippen LogP contribution in [-0.4, -0.2) is 60.4 Å². The molecular formula is C20H19N7O7. The van der Waals surface area contributed by atoms with Crippen molar-refractivity contribution < 1.29 is 34.9 Å². The number of rotatable bonds is 10. The fourth-order valence-electron chi connectivity index (χ4n) is 2.71. The number of carboxylic acid groups (broad SMARTS) is 2. The number of H-pyrrole nitrogens is 1. The number of aliphatic carboxylic acids is 2. The van der Waals surface area contributed by atoms with Gasteiger partial charge in [-0.25, -0.2) is 14.8 Å². The standard InChI is InChI=1S/C20H19N7O7/c21-20-25-16-15(18(32)26-20)23-11(7-22-16)8-27(9-28)12-3-1-10(2-4-12)17(31)24-13(19(33)34)5-6-14(29)30/h1-4,7,9,13H,5-6,8H2,(H,24,31)(H,29,30)(H,33,34)(H3,21,22,25,26,32)/t13-/m0/s1/i1D,2D,3D,4D. The van der Waals surface area contributed by atoms with Gasteiger partial charge in [-0.3, -0.25) is 24.2 Å². The van der Waals surface area contributed by atoms with Gasteiger partial charge in [-0.15, -0.1) is 0 Å². The highest BCUT2D eigenvalue weighted by Gasteiger charge is 2.22. The van der Waals surface area contributed by atoms with Gasteiger partial charge in [0, 0.05) is 17.7 Å². The molecule has 0 fully saturated rings. The number of benzene rings is 1. The van der Waals surface area contributed by atoms with Gasteiger partial charge in [0.05, 0.1) is 23.9 Å². The van der Waals surface area contributed by atoms with E-state index in [-0.39, 0.29) is 29.2 Å². The van der Waals surface area contributed by atoms with Gasteiger partial charge in [-0.05, 0) is 30.6 Å². The summed E-state index contributed by atoms with van der Waals surface area (Å²) in [5.41, 5.74) is 3.15. The van der Waals surface area contributed by atoms with E-state index in [9.17, 15) is 29.1 Å². The minimum Gasteiger partial charge on any atom is -0.481 e. The number of fused-ring (bicyclic) bond motifs is 1. The van der Waals surface area contributed by atoms with E-state index in [1.807, 2.05) is 5.32 Å². The van der Waals surface area contributed by atoms with E-state index in [1.54, 1.807) is 0 Å². The molecule has 0 saturated carbocycles. The molecule has 1 atom stereocenters. The molecule has 0 bridgehead atoms. The van der Waals surface area contributed by atoms with Crippen LogP contribution in [0.3, 0.4) is 0 Å². The first kappa shape index (κ1) is 18.7. The molecule has 2 heterocycles. The maximum Gasteiger partial charge on any atom is 0.326 e. The van der Waals surface area contributed by atoms with Crippen LogP contribution in [-0.2, 0) is 20.9 Å².